The van der Waals surface area contributed by atoms with Crippen molar-refractivity contribution < 1.29 is 18.7 Å². The zero-order valence-electron chi connectivity index (χ0n) is 18.8. The molecule has 0 spiro atoms. The highest BCUT2D eigenvalue weighted by Crippen LogP contribution is 2.18. The van der Waals surface area contributed by atoms with Crippen LogP contribution in [0.4, 0.5) is 0 Å². The Labute approximate surface area is 188 Å². The molecule has 7 heteroatoms. The van der Waals surface area contributed by atoms with Gasteiger partial charge in [0.05, 0.1) is 38.2 Å². The van der Waals surface area contributed by atoms with Crippen molar-refractivity contribution in [2.24, 2.45) is 0 Å². The number of carbonyl (C=O) groups is 1. The van der Waals surface area contributed by atoms with E-state index in [-0.39, 0.29) is 12.0 Å². The Morgan fingerprint density at radius 2 is 1.88 bits per heavy atom. The Hall–Kier alpha value is -2.90. The molecule has 7 nitrogen and oxygen atoms in total. The standard InChI is InChI=1S/C25H31N3O4/c1-19-16-20(2)28(26-19)17-23-8-9-24(32-23)25(29)27-12-10-22(11-13-27)31-15-14-30-18-21-6-4-3-5-7-21/h3-9,16,22H,10-15,17-18H2,1-2H3. The van der Waals surface area contributed by atoms with E-state index in [0.29, 0.717) is 45.2 Å². The van der Waals surface area contributed by atoms with Crippen molar-refractivity contribution in [3.05, 3.63) is 77.0 Å². The van der Waals surface area contributed by atoms with Gasteiger partial charge in [0.15, 0.2) is 5.76 Å². The van der Waals surface area contributed by atoms with E-state index < -0.39 is 0 Å². The highest BCUT2D eigenvalue weighted by atomic mass is 16.5. The van der Waals surface area contributed by atoms with Gasteiger partial charge in [0.2, 0.25) is 0 Å². The fourth-order valence-electron chi connectivity index (χ4n) is 3.98. The van der Waals surface area contributed by atoms with Crippen LogP contribution in [0, 0.1) is 13.8 Å². The second kappa shape index (κ2) is 10.6. The molecule has 0 unspecified atom stereocenters. The molecule has 0 radical (unpaired) electrons. The van der Waals surface area contributed by atoms with Crippen LogP contribution in [-0.2, 0) is 22.6 Å². The molecule has 0 aliphatic carbocycles. The van der Waals surface area contributed by atoms with E-state index in [0.717, 1.165) is 35.6 Å². The van der Waals surface area contributed by atoms with Crippen LogP contribution in [0.5, 0.6) is 0 Å². The molecule has 1 amide bonds. The lowest BCUT2D eigenvalue weighted by molar-refractivity contribution is -0.0232. The second-order valence-corrected chi connectivity index (χ2v) is 8.25. The molecule has 1 fully saturated rings. The molecule has 0 N–H and O–H groups in total. The van der Waals surface area contributed by atoms with E-state index in [4.69, 9.17) is 13.9 Å². The van der Waals surface area contributed by atoms with Crippen molar-refractivity contribution in [3.8, 4) is 0 Å². The van der Waals surface area contributed by atoms with Gasteiger partial charge >= 0.3 is 0 Å². The molecule has 3 heterocycles. The first kappa shape index (κ1) is 22.3. The molecule has 4 rings (SSSR count). The summed E-state index contributed by atoms with van der Waals surface area (Å²) in [5.74, 6) is 1.05. The smallest absolute Gasteiger partial charge is 0.289 e. The lowest BCUT2D eigenvalue weighted by Gasteiger charge is -2.31. The summed E-state index contributed by atoms with van der Waals surface area (Å²) in [6.07, 6.45) is 1.81. The van der Waals surface area contributed by atoms with Gasteiger partial charge in [-0.3, -0.25) is 9.48 Å². The first-order valence-electron chi connectivity index (χ1n) is 11.2. The van der Waals surface area contributed by atoms with Crippen molar-refractivity contribution >= 4 is 5.91 Å². The number of hydrogen-bond acceptors (Lipinski definition) is 5. The number of hydrogen-bond donors (Lipinski definition) is 0. The molecule has 1 aromatic carbocycles. The summed E-state index contributed by atoms with van der Waals surface area (Å²) in [5, 5.41) is 4.45. The number of amides is 1. The third-order valence-corrected chi connectivity index (χ3v) is 5.70. The number of likely N-dealkylation sites (tertiary alicyclic amines) is 1. The van der Waals surface area contributed by atoms with Gasteiger partial charge in [-0.05, 0) is 50.5 Å². The summed E-state index contributed by atoms with van der Waals surface area (Å²) in [5.41, 5.74) is 3.20. The average Bonchev–Trinajstić information content (AvgIpc) is 3.40. The fraction of sp³-hybridized carbons (Fsp3) is 0.440. The molecule has 0 saturated carbocycles. The third-order valence-electron chi connectivity index (χ3n) is 5.70. The van der Waals surface area contributed by atoms with Crippen LogP contribution in [-0.4, -0.2) is 53.0 Å². The largest absolute Gasteiger partial charge is 0.454 e. The average molecular weight is 438 g/mol. The molecule has 1 aliphatic heterocycles. The van der Waals surface area contributed by atoms with Crippen LogP contribution in [0.1, 0.15) is 46.1 Å². The monoisotopic (exact) mass is 437 g/mol. The molecule has 2 aromatic heterocycles. The minimum absolute atomic E-state index is 0.0609. The van der Waals surface area contributed by atoms with Crippen LogP contribution in [0.2, 0.25) is 0 Å². The zero-order valence-corrected chi connectivity index (χ0v) is 18.8. The number of piperidine rings is 1. The highest BCUT2D eigenvalue weighted by molar-refractivity contribution is 5.91. The van der Waals surface area contributed by atoms with E-state index in [2.05, 4.69) is 17.2 Å². The maximum atomic E-state index is 12.8. The van der Waals surface area contributed by atoms with E-state index in [1.165, 1.54) is 0 Å². The van der Waals surface area contributed by atoms with Crippen LogP contribution in [0.25, 0.3) is 0 Å². The topological polar surface area (TPSA) is 69.7 Å². The lowest BCUT2D eigenvalue weighted by atomic mass is 10.1. The van der Waals surface area contributed by atoms with Gasteiger partial charge in [0.1, 0.15) is 5.76 Å². The first-order valence-corrected chi connectivity index (χ1v) is 11.2. The van der Waals surface area contributed by atoms with Gasteiger partial charge < -0.3 is 18.8 Å². The number of furan rings is 1. The predicted molar refractivity (Wildman–Crippen MR) is 120 cm³/mol. The molecule has 1 aliphatic rings. The summed E-state index contributed by atoms with van der Waals surface area (Å²) in [4.78, 5) is 14.7. The minimum Gasteiger partial charge on any atom is -0.454 e. The van der Waals surface area contributed by atoms with Gasteiger partial charge in [-0.1, -0.05) is 30.3 Å². The van der Waals surface area contributed by atoms with Crippen LogP contribution in [0.3, 0.4) is 0 Å². The zero-order chi connectivity index (χ0) is 22.3. The quantitative estimate of drug-likeness (QED) is 0.474. The van der Waals surface area contributed by atoms with Crippen molar-refractivity contribution in [3.63, 3.8) is 0 Å². The van der Waals surface area contributed by atoms with E-state index >= 15 is 0 Å². The fourth-order valence-corrected chi connectivity index (χ4v) is 3.98. The number of carbonyl (C=O) groups excluding carboxylic acids is 1. The van der Waals surface area contributed by atoms with E-state index in [1.54, 1.807) is 6.07 Å². The lowest BCUT2D eigenvalue weighted by Crippen LogP contribution is -2.41. The van der Waals surface area contributed by atoms with Gasteiger partial charge in [-0.25, -0.2) is 0 Å². The third kappa shape index (κ3) is 5.87. The Morgan fingerprint density at radius 1 is 1.09 bits per heavy atom. The molecule has 170 valence electrons. The van der Waals surface area contributed by atoms with Gasteiger partial charge in [0.25, 0.3) is 5.91 Å². The Kier molecular flexibility index (Phi) is 7.39. The molecular formula is C25H31N3O4. The number of benzene rings is 1. The number of aryl methyl sites for hydroxylation is 2. The molecule has 0 atom stereocenters. The molecule has 32 heavy (non-hydrogen) atoms. The van der Waals surface area contributed by atoms with Crippen LogP contribution in [0.15, 0.2) is 52.9 Å². The maximum absolute atomic E-state index is 12.8. The predicted octanol–water partition coefficient (Wildman–Crippen LogP) is 3.98. The second-order valence-electron chi connectivity index (χ2n) is 8.25. The number of nitrogens with zero attached hydrogens (tertiary/aromatic N) is 3. The van der Waals surface area contributed by atoms with E-state index in [1.807, 2.05) is 53.8 Å². The van der Waals surface area contributed by atoms with Crippen molar-refractivity contribution in [2.75, 3.05) is 26.3 Å². The van der Waals surface area contributed by atoms with Crippen LogP contribution < -0.4 is 0 Å². The summed E-state index contributed by atoms with van der Waals surface area (Å²) >= 11 is 0. The Bertz CT molecular complexity index is 1000. The van der Waals surface area contributed by atoms with Crippen molar-refractivity contribution in [1.29, 1.82) is 0 Å². The molecule has 1 saturated heterocycles. The normalized spacial score (nSPS) is 14.8. The SMILES string of the molecule is Cc1cc(C)n(Cc2ccc(C(=O)N3CCC(OCCOCc4ccccc4)CC3)o2)n1. The van der Waals surface area contributed by atoms with Crippen molar-refractivity contribution in [2.45, 2.75) is 45.9 Å². The minimum atomic E-state index is -0.0609. The van der Waals surface area contributed by atoms with Crippen LogP contribution >= 0.6 is 0 Å². The summed E-state index contributed by atoms with van der Waals surface area (Å²) in [6.45, 7) is 7.57. The Balaban J connectivity index is 1.17. The summed E-state index contributed by atoms with van der Waals surface area (Å²) in [6, 6.07) is 15.8. The number of aromatic nitrogens is 2. The van der Waals surface area contributed by atoms with Gasteiger partial charge in [0, 0.05) is 18.8 Å². The molecule has 0 bridgehead atoms. The first-order chi connectivity index (χ1) is 15.6. The highest BCUT2D eigenvalue weighted by Gasteiger charge is 2.26. The summed E-state index contributed by atoms with van der Waals surface area (Å²) in [7, 11) is 0. The van der Waals surface area contributed by atoms with Gasteiger partial charge in [-0.2, -0.15) is 5.10 Å². The number of ether oxygens (including phenoxy) is 2. The van der Waals surface area contributed by atoms with Gasteiger partial charge in [-0.15, -0.1) is 0 Å². The maximum Gasteiger partial charge on any atom is 0.289 e. The summed E-state index contributed by atoms with van der Waals surface area (Å²) < 4.78 is 19.3. The van der Waals surface area contributed by atoms with Crippen molar-refractivity contribution in [1.82, 2.24) is 14.7 Å². The Morgan fingerprint density at radius 3 is 2.59 bits per heavy atom. The number of rotatable bonds is 9. The molecule has 3 aromatic rings. The van der Waals surface area contributed by atoms with E-state index in [9.17, 15) is 4.79 Å². The molecular weight excluding hydrogens is 406 g/mol.